The van der Waals surface area contributed by atoms with Crippen molar-refractivity contribution in [3.63, 3.8) is 0 Å². The van der Waals surface area contributed by atoms with Crippen LogP contribution in [0.3, 0.4) is 0 Å². The van der Waals surface area contributed by atoms with Gasteiger partial charge in [0, 0.05) is 5.92 Å². The maximum Gasteiger partial charge on any atom is 0.225 e. The predicted molar refractivity (Wildman–Crippen MR) is 52.9 cm³/mol. The van der Waals surface area contributed by atoms with Crippen LogP contribution in [0.1, 0.15) is 23.5 Å². The molecule has 0 spiro atoms. The van der Waals surface area contributed by atoms with E-state index in [9.17, 15) is 4.79 Å². The van der Waals surface area contributed by atoms with Gasteiger partial charge in [0.05, 0.1) is 0 Å². The number of rotatable bonds is 2. The summed E-state index contributed by atoms with van der Waals surface area (Å²) in [6.45, 7) is 2.06. The average molecular weight is 195 g/mol. The first kappa shape index (κ1) is 8.76. The van der Waals surface area contributed by atoms with Crippen molar-refractivity contribution in [2.24, 2.45) is 5.92 Å². The minimum Gasteiger partial charge on any atom is -0.281 e. The van der Waals surface area contributed by atoms with Gasteiger partial charge in [-0.1, -0.05) is 29.8 Å². The Bertz CT molecular complexity index is 328. The lowest BCUT2D eigenvalue weighted by molar-refractivity contribution is -0.112. The van der Waals surface area contributed by atoms with Crippen LogP contribution in [-0.2, 0) is 4.79 Å². The van der Waals surface area contributed by atoms with Crippen molar-refractivity contribution >= 4 is 16.8 Å². The molecule has 0 aromatic heterocycles. The third kappa shape index (κ3) is 1.75. The minimum absolute atomic E-state index is 0.0735. The number of aryl methyl sites for hydroxylation is 1. The van der Waals surface area contributed by atoms with Gasteiger partial charge in [-0.25, -0.2) is 0 Å². The molecular weight excluding hydrogens is 184 g/mol. The second kappa shape index (κ2) is 3.15. The first-order valence-electron chi connectivity index (χ1n) is 4.44. The van der Waals surface area contributed by atoms with Crippen molar-refractivity contribution in [2.45, 2.75) is 19.3 Å². The van der Waals surface area contributed by atoms with E-state index in [0.29, 0.717) is 5.92 Å². The summed E-state index contributed by atoms with van der Waals surface area (Å²) >= 11 is 5.41. The Kier molecular flexibility index (Phi) is 2.12. The van der Waals surface area contributed by atoms with Gasteiger partial charge >= 0.3 is 0 Å². The Morgan fingerprint density at radius 2 is 2.00 bits per heavy atom. The first-order chi connectivity index (χ1) is 6.18. The number of carbonyl (C=O) groups excluding carboxylic acids is 1. The number of halogens is 1. The van der Waals surface area contributed by atoms with Gasteiger partial charge in [0.15, 0.2) is 0 Å². The van der Waals surface area contributed by atoms with Crippen LogP contribution in [0.5, 0.6) is 0 Å². The molecule has 1 aliphatic carbocycles. The van der Waals surface area contributed by atoms with Gasteiger partial charge in [-0.3, -0.25) is 4.79 Å². The van der Waals surface area contributed by atoms with Crippen LogP contribution in [0.15, 0.2) is 24.3 Å². The van der Waals surface area contributed by atoms with Gasteiger partial charge in [-0.2, -0.15) is 0 Å². The highest BCUT2D eigenvalue weighted by molar-refractivity contribution is 6.64. The van der Waals surface area contributed by atoms with Gasteiger partial charge in [0.2, 0.25) is 5.24 Å². The summed E-state index contributed by atoms with van der Waals surface area (Å²) in [6.07, 6.45) is 0.922. The summed E-state index contributed by atoms with van der Waals surface area (Å²) in [6, 6.07) is 8.31. The Morgan fingerprint density at radius 1 is 1.38 bits per heavy atom. The Labute approximate surface area is 82.7 Å². The van der Waals surface area contributed by atoms with E-state index >= 15 is 0 Å². The summed E-state index contributed by atoms with van der Waals surface area (Å²) in [5.41, 5.74) is 2.49. The van der Waals surface area contributed by atoms with Gasteiger partial charge < -0.3 is 0 Å². The van der Waals surface area contributed by atoms with Crippen molar-refractivity contribution in [3.05, 3.63) is 35.4 Å². The molecule has 0 aliphatic heterocycles. The molecule has 2 unspecified atom stereocenters. The first-order valence-corrected chi connectivity index (χ1v) is 4.82. The highest BCUT2D eigenvalue weighted by atomic mass is 35.5. The molecule has 1 aromatic carbocycles. The molecule has 0 amide bonds. The monoisotopic (exact) mass is 194 g/mol. The third-order valence-corrected chi connectivity index (χ3v) is 2.87. The summed E-state index contributed by atoms with van der Waals surface area (Å²) in [5.74, 6) is 0.454. The quantitative estimate of drug-likeness (QED) is 0.662. The predicted octanol–water partition coefficient (Wildman–Crippen LogP) is 2.86. The molecule has 0 N–H and O–H groups in total. The molecule has 1 aromatic rings. The van der Waals surface area contributed by atoms with Gasteiger partial charge in [0.25, 0.3) is 0 Å². The van der Waals surface area contributed by atoms with Gasteiger partial charge in [-0.15, -0.1) is 0 Å². The second-order valence-electron chi connectivity index (χ2n) is 3.66. The highest BCUT2D eigenvalue weighted by Crippen LogP contribution is 2.48. The molecule has 1 fully saturated rings. The van der Waals surface area contributed by atoms with Crippen LogP contribution in [0.4, 0.5) is 0 Å². The topological polar surface area (TPSA) is 17.1 Å². The van der Waals surface area contributed by atoms with Crippen molar-refractivity contribution in [3.8, 4) is 0 Å². The van der Waals surface area contributed by atoms with E-state index in [1.54, 1.807) is 0 Å². The van der Waals surface area contributed by atoms with Gasteiger partial charge in [-0.05, 0) is 36.4 Å². The normalized spacial score (nSPS) is 25.7. The molecule has 1 aliphatic rings. The van der Waals surface area contributed by atoms with E-state index in [2.05, 4.69) is 31.2 Å². The molecule has 2 rings (SSSR count). The zero-order valence-electron chi connectivity index (χ0n) is 7.46. The maximum absolute atomic E-state index is 10.8. The standard InChI is InChI=1S/C11H11ClO/c1-7-2-4-8(5-3-7)9-6-10(9)11(12)13/h2-5,9-10H,6H2,1H3. The lowest BCUT2D eigenvalue weighted by Gasteiger charge is -1.98. The molecular formula is C11H11ClO. The van der Waals surface area contributed by atoms with E-state index in [-0.39, 0.29) is 11.2 Å². The summed E-state index contributed by atoms with van der Waals surface area (Å²) in [4.78, 5) is 10.8. The molecule has 2 heteroatoms. The number of hydrogen-bond donors (Lipinski definition) is 0. The van der Waals surface area contributed by atoms with Crippen molar-refractivity contribution < 1.29 is 4.79 Å². The maximum atomic E-state index is 10.8. The second-order valence-corrected chi connectivity index (χ2v) is 4.04. The minimum atomic E-state index is -0.189. The molecule has 0 saturated heterocycles. The van der Waals surface area contributed by atoms with E-state index in [1.807, 2.05) is 0 Å². The average Bonchev–Trinajstić information content (AvgIpc) is 2.85. The lowest BCUT2D eigenvalue weighted by Crippen LogP contribution is -1.91. The molecule has 0 heterocycles. The molecule has 68 valence electrons. The zero-order valence-corrected chi connectivity index (χ0v) is 8.21. The number of carbonyl (C=O) groups is 1. The largest absolute Gasteiger partial charge is 0.281 e. The fourth-order valence-corrected chi connectivity index (χ4v) is 1.87. The molecule has 1 nitrogen and oxygen atoms in total. The Balaban J connectivity index is 2.12. The molecule has 0 radical (unpaired) electrons. The van der Waals surface area contributed by atoms with Gasteiger partial charge in [0.1, 0.15) is 0 Å². The van der Waals surface area contributed by atoms with Crippen molar-refractivity contribution in [1.82, 2.24) is 0 Å². The lowest BCUT2D eigenvalue weighted by atomic mass is 10.1. The zero-order chi connectivity index (χ0) is 9.42. The van der Waals surface area contributed by atoms with Crippen LogP contribution >= 0.6 is 11.6 Å². The van der Waals surface area contributed by atoms with Crippen LogP contribution in [0.25, 0.3) is 0 Å². The third-order valence-electron chi connectivity index (χ3n) is 2.59. The van der Waals surface area contributed by atoms with Crippen molar-refractivity contribution in [2.75, 3.05) is 0 Å². The highest BCUT2D eigenvalue weighted by Gasteiger charge is 2.42. The number of hydrogen-bond acceptors (Lipinski definition) is 1. The summed E-state index contributed by atoms with van der Waals surface area (Å²) in [7, 11) is 0. The van der Waals surface area contributed by atoms with Crippen LogP contribution in [0, 0.1) is 12.8 Å². The van der Waals surface area contributed by atoms with Crippen molar-refractivity contribution in [1.29, 1.82) is 0 Å². The molecule has 2 atom stereocenters. The fraction of sp³-hybridized carbons (Fsp3) is 0.364. The summed E-state index contributed by atoms with van der Waals surface area (Å²) in [5, 5.41) is -0.189. The fourth-order valence-electron chi connectivity index (χ4n) is 1.63. The smallest absolute Gasteiger partial charge is 0.225 e. The Morgan fingerprint density at radius 3 is 2.46 bits per heavy atom. The van der Waals surface area contributed by atoms with Crippen LogP contribution in [0.2, 0.25) is 0 Å². The van der Waals surface area contributed by atoms with Crippen LogP contribution < -0.4 is 0 Å². The Hall–Kier alpha value is -0.820. The van der Waals surface area contributed by atoms with E-state index in [4.69, 9.17) is 11.6 Å². The number of benzene rings is 1. The summed E-state index contributed by atoms with van der Waals surface area (Å²) < 4.78 is 0. The van der Waals surface area contributed by atoms with E-state index < -0.39 is 0 Å². The molecule has 0 bridgehead atoms. The SMILES string of the molecule is Cc1ccc(C2CC2C(=O)Cl)cc1. The van der Waals surface area contributed by atoms with E-state index in [1.165, 1.54) is 11.1 Å². The van der Waals surface area contributed by atoms with E-state index in [0.717, 1.165) is 6.42 Å². The molecule has 1 saturated carbocycles. The van der Waals surface area contributed by atoms with Crippen LogP contribution in [-0.4, -0.2) is 5.24 Å². The molecule has 13 heavy (non-hydrogen) atoms.